The van der Waals surface area contributed by atoms with E-state index in [0.717, 1.165) is 0 Å². The van der Waals surface area contributed by atoms with E-state index in [1.807, 2.05) is 20.8 Å². The Labute approximate surface area is 97.8 Å². The second kappa shape index (κ2) is 7.36. The summed E-state index contributed by atoms with van der Waals surface area (Å²) in [6, 6.07) is 0. The van der Waals surface area contributed by atoms with Crippen LogP contribution in [-0.4, -0.2) is 32.0 Å². The van der Waals surface area contributed by atoms with Crippen molar-refractivity contribution in [3.8, 4) is 0 Å². The topological polar surface area (TPSA) is 27.7 Å². The van der Waals surface area contributed by atoms with E-state index in [4.69, 9.17) is 13.3 Å². The summed E-state index contributed by atoms with van der Waals surface area (Å²) in [6.45, 7) is 7.59. The molecule has 6 heteroatoms. The minimum Gasteiger partial charge on any atom is -0.373 e. The molecule has 0 aliphatic carbocycles. The number of hydrogen-bond donors (Lipinski definition) is 0. The molecule has 0 amide bonds. The van der Waals surface area contributed by atoms with Crippen molar-refractivity contribution >= 4 is 40.7 Å². The van der Waals surface area contributed by atoms with E-state index in [1.165, 1.54) is 0 Å². The van der Waals surface area contributed by atoms with Crippen LogP contribution in [0.1, 0.15) is 20.8 Å². The SMILES string of the molecule is CCO[Si](OCC)(OCC)C(Br)Br. The van der Waals surface area contributed by atoms with E-state index in [2.05, 4.69) is 31.9 Å². The Bertz CT molecular complexity index is 118. The van der Waals surface area contributed by atoms with Crippen LogP contribution in [0.2, 0.25) is 0 Å². The first kappa shape index (κ1) is 14.1. The molecular weight excluding hydrogens is 320 g/mol. The van der Waals surface area contributed by atoms with Gasteiger partial charge in [-0.2, -0.15) is 0 Å². The third-order valence-electron chi connectivity index (χ3n) is 1.30. The van der Waals surface area contributed by atoms with Crippen LogP contribution in [-0.2, 0) is 13.3 Å². The molecule has 13 heavy (non-hydrogen) atoms. The van der Waals surface area contributed by atoms with E-state index in [9.17, 15) is 0 Å². The van der Waals surface area contributed by atoms with Crippen molar-refractivity contribution in [2.75, 3.05) is 19.8 Å². The third kappa shape index (κ3) is 4.40. The maximum absolute atomic E-state index is 5.57. The summed E-state index contributed by atoms with van der Waals surface area (Å²) in [5.74, 6) is 0. The molecule has 0 radical (unpaired) electrons. The van der Waals surface area contributed by atoms with Crippen LogP contribution in [0.5, 0.6) is 0 Å². The summed E-state index contributed by atoms with van der Waals surface area (Å²) in [4.78, 5) is 0. The van der Waals surface area contributed by atoms with Crippen molar-refractivity contribution in [2.45, 2.75) is 24.1 Å². The molecule has 3 nitrogen and oxygen atoms in total. The molecule has 0 aromatic rings. The second-order valence-electron chi connectivity index (χ2n) is 2.20. The number of alkyl halides is 2. The lowest BCUT2D eigenvalue weighted by Gasteiger charge is -2.29. The van der Waals surface area contributed by atoms with E-state index in [-0.39, 0.29) is 3.36 Å². The monoisotopic (exact) mass is 334 g/mol. The van der Waals surface area contributed by atoms with Crippen LogP contribution in [0.3, 0.4) is 0 Å². The van der Waals surface area contributed by atoms with Crippen LogP contribution >= 0.6 is 31.9 Å². The fraction of sp³-hybridized carbons (Fsp3) is 1.00. The van der Waals surface area contributed by atoms with Crippen LogP contribution < -0.4 is 0 Å². The highest BCUT2D eigenvalue weighted by atomic mass is 79.9. The van der Waals surface area contributed by atoms with Crippen LogP contribution in [0.15, 0.2) is 0 Å². The Morgan fingerprint density at radius 1 is 0.923 bits per heavy atom. The Kier molecular flexibility index (Phi) is 7.96. The molecular formula is C7H16Br2O3Si. The Hall–Kier alpha value is 1.06. The maximum atomic E-state index is 5.57. The van der Waals surface area contributed by atoms with Gasteiger partial charge in [-0.15, -0.1) is 0 Å². The minimum absolute atomic E-state index is 0.0488. The summed E-state index contributed by atoms with van der Waals surface area (Å²) in [7, 11) is -2.54. The standard InChI is InChI=1S/C7H16Br2O3Si/c1-4-10-13(7(8)9,11-5-2)12-6-3/h7H,4-6H2,1-3H3. The molecule has 80 valence electrons. The zero-order valence-electron chi connectivity index (χ0n) is 8.18. The van der Waals surface area contributed by atoms with Crippen LogP contribution in [0, 0.1) is 0 Å². The fourth-order valence-corrected chi connectivity index (χ4v) is 5.13. The van der Waals surface area contributed by atoms with Crippen LogP contribution in [0.25, 0.3) is 0 Å². The first-order valence-electron chi connectivity index (χ1n) is 4.32. The Morgan fingerprint density at radius 2 is 1.23 bits per heavy atom. The lowest BCUT2D eigenvalue weighted by atomic mass is 10.9. The van der Waals surface area contributed by atoms with Gasteiger partial charge in [0.25, 0.3) is 0 Å². The molecule has 0 aromatic heterocycles. The Balaban J connectivity index is 4.38. The van der Waals surface area contributed by atoms with Gasteiger partial charge in [0.2, 0.25) is 0 Å². The van der Waals surface area contributed by atoms with Gasteiger partial charge in [0.15, 0.2) is 0 Å². The molecule has 0 bridgehead atoms. The normalized spacial score (nSPS) is 12.5. The molecule has 0 heterocycles. The average molecular weight is 336 g/mol. The molecule has 0 unspecified atom stereocenters. The average Bonchev–Trinajstić information content (AvgIpc) is 2.05. The molecule has 0 aliphatic heterocycles. The van der Waals surface area contributed by atoms with Gasteiger partial charge >= 0.3 is 8.80 Å². The summed E-state index contributed by atoms with van der Waals surface area (Å²) in [5, 5.41) is 0. The smallest absolute Gasteiger partial charge is 0.373 e. The van der Waals surface area contributed by atoms with E-state index < -0.39 is 8.80 Å². The van der Waals surface area contributed by atoms with E-state index in [1.54, 1.807) is 0 Å². The first-order valence-corrected chi connectivity index (χ1v) is 7.96. The van der Waals surface area contributed by atoms with Gasteiger partial charge in [0.05, 0.1) is 0 Å². The molecule has 0 spiro atoms. The molecule has 0 atom stereocenters. The lowest BCUT2D eigenvalue weighted by Crippen LogP contribution is -2.52. The zero-order valence-corrected chi connectivity index (χ0v) is 12.4. The van der Waals surface area contributed by atoms with E-state index >= 15 is 0 Å². The molecule has 0 saturated carbocycles. The van der Waals surface area contributed by atoms with Gasteiger partial charge in [-0.05, 0) is 20.8 Å². The summed E-state index contributed by atoms with van der Waals surface area (Å²) in [5.41, 5.74) is 0. The number of halogens is 2. The highest BCUT2D eigenvalue weighted by Crippen LogP contribution is 2.25. The summed E-state index contributed by atoms with van der Waals surface area (Å²) >= 11 is 6.81. The van der Waals surface area contributed by atoms with Crippen molar-refractivity contribution < 1.29 is 13.3 Å². The zero-order chi connectivity index (χ0) is 10.3. The number of rotatable bonds is 7. The Morgan fingerprint density at radius 3 is 1.38 bits per heavy atom. The first-order chi connectivity index (χ1) is 6.13. The quantitative estimate of drug-likeness (QED) is 0.529. The largest absolute Gasteiger partial charge is 0.526 e. The van der Waals surface area contributed by atoms with Gasteiger partial charge < -0.3 is 13.3 Å². The van der Waals surface area contributed by atoms with Crippen molar-refractivity contribution in [3.05, 3.63) is 0 Å². The van der Waals surface area contributed by atoms with Gasteiger partial charge in [0, 0.05) is 19.8 Å². The predicted octanol–water partition coefficient (Wildman–Crippen LogP) is 2.69. The van der Waals surface area contributed by atoms with Crippen molar-refractivity contribution in [2.24, 2.45) is 0 Å². The summed E-state index contributed by atoms with van der Waals surface area (Å²) in [6.07, 6.45) is 0. The van der Waals surface area contributed by atoms with Crippen molar-refractivity contribution in [3.63, 3.8) is 0 Å². The molecule has 0 rings (SSSR count). The van der Waals surface area contributed by atoms with Crippen molar-refractivity contribution in [1.29, 1.82) is 0 Å². The molecule has 0 N–H and O–H groups in total. The maximum Gasteiger partial charge on any atom is 0.526 e. The minimum atomic E-state index is -2.54. The third-order valence-corrected chi connectivity index (χ3v) is 7.28. The lowest BCUT2D eigenvalue weighted by molar-refractivity contribution is 0.0759. The van der Waals surface area contributed by atoms with Crippen molar-refractivity contribution in [1.82, 2.24) is 0 Å². The van der Waals surface area contributed by atoms with Gasteiger partial charge in [-0.3, -0.25) is 0 Å². The van der Waals surface area contributed by atoms with Gasteiger partial charge in [0.1, 0.15) is 3.36 Å². The highest BCUT2D eigenvalue weighted by molar-refractivity contribution is 9.25. The fourth-order valence-electron chi connectivity index (χ4n) is 0.918. The van der Waals surface area contributed by atoms with Gasteiger partial charge in [-0.1, -0.05) is 31.9 Å². The molecule has 0 fully saturated rings. The number of hydrogen-bond acceptors (Lipinski definition) is 3. The molecule has 0 aliphatic rings. The molecule has 0 aromatic carbocycles. The van der Waals surface area contributed by atoms with Crippen LogP contribution in [0.4, 0.5) is 0 Å². The second-order valence-corrected chi connectivity index (χ2v) is 9.60. The van der Waals surface area contributed by atoms with Gasteiger partial charge in [-0.25, -0.2) is 0 Å². The highest BCUT2D eigenvalue weighted by Gasteiger charge is 2.47. The summed E-state index contributed by atoms with van der Waals surface area (Å²) < 4.78 is 16.7. The predicted molar refractivity (Wildman–Crippen MR) is 62.3 cm³/mol. The van der Waals surface area contributed by atoms with E-state index in [0.29, 0.717) is 19.8 Å². The molecule has 0 saturated heterocycles.